The van der Waals surface area contributed by atoms with E-state index in [2.05, 4.69) is 0 Å². The third-order valence-corrected chi connectivity index (χ3v) is 5.00. The van der Waals surface area contributed by atoms with Crippen LogP contribution in [0.25, 0.3) is 0 Å². The van der Waals surface area contributed by atoms with Crippen molar-refractivity contribution in [3.63, 3.8) is 0 Å². The van der Waals surface area contributed by atoms with E-state index in [0.717, 1.165) is 6.07 Å². The first-order chi connectivity index (χ1) is 11.7. The molecule has 0 aliphatic rings. The van der Waals surface area contributed by atoms with Gasteiger partial charge in [0.2, 0.25) is 0 Å². The Hall–Kier alpha value is -1.87. The van der Waals surface area contributed by atoms with Crippen LogP contribution < -0.4 is 15.0 Å². The van der Waals surface area contributed by atoms with Gasteiger partial charge >= 0.3 is 0 Å². The average molecular weight is 407 g/mol. The van der Waals surface area contributed by atoms with Crippen LogP contribution in [0.5, 0.6) is 5.75 Å². The lowest BCUT2D eigenvalue weighted by atomic mass is 10.3. The number of benzene rings is 2. The third-order valence-electron chi connectivity index (χ3n) is 3.02. The smallest absolute Gasteiger partial charge is 0.275 e. The number of amides is 1. The number of sulfonamides is 1. The highest BCUT2D eigenvalue weighted by atomic mass is 35.5. The third kappa shape index (κ3) is 5.05. The van der Waals surface area contributed by atoms with Crippen molar-refractivity contribution in [2.45, 2.75) is 17.9 Å². The lowest BCUT2D eigenvalue weighted by molar-refractivity contribution is -0.127. The number of hydrazine groups is 1. The van der Waals surface area contributed by atoms with Crippen LogP contribution in [0.15, 0.2) is 47.4 Å². The molecule has 134 valence electrons. The summed E-state index contributed by atoms with van der Waals surface area (Å²) in [4.78, 5) is 13.6. The maximum Gasteiger partial charge on any atom is 0.275 e. The molecule has 2 rings (SSSR count). The molecule has 0 saturated heterocycles. The number of hydrogen-bond acceptors (Lipinski definition) is 4. The normalized spacial score (nSPS) is 12.5. The van der Waals surface area contributed by atoms with Crippen molar-refractivity contribution in [3.8, 4) is 5.75 Å². The molecular formula is C15H13Cl2FN2O4S. The molecule has 2 N–H and O–H groups in total. The maximum absolute atomic E-state index is 13.5. The molecule has 0 aliphatic carbocycles. The zero-order valence-electron chi connectivity index (χ0n) is 12.8. The predicted octanol–water partition coefficient (Wildman–Crippen LogP) is 2.91. The Kier molecular flexibility index (Phi) is 6.23. The van der Waals surface area contributed by atoms with Crippen LogP contribution in [-0.2, 0) is 14.8 Å². The van der Waals surface area contributed by atoms with Crippen molar-refractivity contribution in [2.75, 3.05) is 0 Å². The highest BCUT2D eigenvalue weighted by Crippen LogP contribution is 2.24. The minimum Gasteiger partial charge on any atom is -0.478 e. The van der Waals surface area contributed by atoms with Crippen LogP contribution in [0, 0.1) is 5.82 Å². The van der Waals surface area contributed by atoms with E-state index in [1.165, 1.54) is 43.3 Å². The summed E-state index contributed by atoms with van der Waals surface area (Å²) in [6, 6.07) is 9.20. The standard InChI is InChI=1S/C15H13Cl2FN2O4S/c1-9(24-14-5-3-2-4-13(14)18)15(21)19-20-25(22,23)10-6-7-11(16)12(17)8-10/h2-9,20H,1H3,(H,19,21)/t9-/m0/s1. The summed E-state index contributed by atoms with van der Waals surface area (Å²) in [7, 11) is -4.06. The van der Waals surface area contributed by atoms with E-state index in [0.29, 0.717) is 0 Å². The number of para-hydroxylation sites is 1. The molecule has 0 aliphatic heterocycles. The highest BCUT2D eigenvalue weighted by Gasteiger charge is 2.20. The maximum atomic E-state index is 13.5. The second-order valence-electron chi connectivity index (χ2n) is 4.86. The fourth-order valence-corrected chi connectivity index (χ4v) is 2.94. The molecule has 0 fully saturated rings. The monoisotopic (exact) mass is 406 g/mol. The Bertz CT molecular complexity index is 893. The molecule has 0 radical (unpaired) electrons. The SMILES string of the molecule is C[C@H](Oc1ccccc1F)C(=O)NNS(=O)(=O)c1ccc(Cl)c(Cl)c1. The van der Waals surface area contributed by atoms with Gasteiger partial charge in [-0.2, -0.15) is 0 Å². The lowest BCUT2D eigenvalue weighted by Gasteiger charge is -2.15. The molecule has 0 aromatic heterocycles. The molecule has 2 aromatic rings. The Balaban J connectivity index is 2.00. The van der Waals surface area contributed by atoms with Gasteiger partial charge in [0.1, 0.15) is 0 Å². The Morgan fingerprint density at radius 2 is 1.84 bits per heavy atom. The number of hydrogen-bond donors (Lipinski definition) is 2. The molecule has 10 heteroatoms. The molecule has 0 unspecified atom stereocenters. The van der Waals surface area contributed by atoms with Crippen LogP contribution in [0.3, 0.4) is 0 Å². The Morgan fingerprint density at radius 1 is 1.16 bits per heavy atom. The number of rotatable bonds is 6. The van der Waals surface area contributed by atoms with Gasteiger partial charge in [0.15, 0.2) is 17.7 Å². The van der Waals surface area contributed by atoms with Gasteiger partial charge in [-0.1, -0.05) is 35.3 Å². The van der Waals surface area contributed by atoms with Crippen LogP contribution in [0.1, 0.15) is 6.92 Å². The van der Waals surface area contributed by atoms with E-state index >= 15 is 0 Å². The minimum absolute atomic E-state index is 0.0483. The predicted molar refractivity (Wildman–Crippen MR) is 91.4 cm³/mol. The molecule has 0 bridgehead atoms. The van der Waals surface area contributed by atoms with Gasteiger partial charge in [-0.05, 0) is 37.3 Å². The van der Waals surface area contributed by atoms with Crippen LogP contribution in [0.4, 0.5) is 4.39 Å². The van der Waals surface area contributed by atoms with E-state index in [1.54, 1.807) is 0 Å². The summed E-state index contributed by atoms with van der Waals surface area (Å²) < 4.78 is 42.9. The molecular weight excluding hydrogens is 394 g/mol. The van der Waals surface area contributed by atoms with Gasteiger partial charge < -0.3 is 4.74 Å². The number of ether oxygens (including phenoxy) is 1. The first-order valence-electron chi connectivity index (χ1n) is 6.88. The zero-order chi connectivity index (χ0) is 18.6. The molecule has 0 saturated carbocycles. The summed E-state index contributed by atoms with van der Waals surface area (Å²) in [6.07, 6.45) is -1.14. The average Bonchev–Trinajstić information content (AvgIpc) is 2.57. The van der Waals surface area contributed by atoms with Gasteiger partial charge in [-0.3, -0.25) is 10.2 Å². The molecule has 6 nitrogen and oxygen atoms in total. The van der Waals surface area contributed by atoms with Crippen LogP contribution >= 0.6 is 23.2 Å². The van der Waals surface area contributed by atoms with E-state index in [4.69, 9.17) is 27.9 Å². The lowest BCUT2D eigenvalue weighted by Crippen LogP contribution is -2.47. The second kappa shape index (κ2) is 8.01. The number of nitrogens with one attached hydrogen (secondary N) is 2. The molecule has 1 atom stereocenters. The van der Waals surface area contributed by atoms with Crippen molar-refractivity contribution < 1.29 is 22.3 Å². The summed E-state index contributed by atoms with van der Waals surface area (Å²) in [5.74, 6) is -1.58. The summed E-state index contributed by atoms with van der Waals surface area (Å²) in [5.41, 5.74) is 1.99. The van der Waals surface area contributed by atoms with Gasteiger partial charge in [-0.15, -0.1) is 4.83 Å². The van der Waals surface area contributed by atoms with E-state index < -0.39 is 27.9 Å². The quantitative estimate of drug-likeness (QED) is 0.722. The van der Waals surface area contributed by atoms with Gasteiger partial charge in [0.25, 0.3) is 15.9 Å². The van der Waals surface area contributed by atoms with Crippen molar-refractivity contribution >= 4 is 39.1 Å². The van der Waals surface area contributed by atoms with E-state index in [-0.39, 0.29) is 20.7 Å². The van der Waals surface area contributed by atoms with Crippen molar-refractivity contribution in [3.05, 3.63) is 58.3 Å². The van der Waals surface area contributed by atoms with Crippen molar-refractivity contribution in [2.24, 2.45) is 0 Å². The van der Waals surface area contributed by atoms with Crippen molar-refractivity contribution in [1.82, 2.24) is 10.3 Å². The molecule has 0 heterocycles. The molecule has 0 spiro atoms. The first kappa shape index (κ1) is 19.5. The van der Waals surface area contributed by atoms with Gasteiger partial charge in [0, 0.05) is 0 Å². The van der Waals surface area contributed by atoms with E-state index in [9.17, 15) is 17.6 Å². The second-order valence-corrected chi connectivity index (χ2v) is 7.36. The fraction of sp³-hybridized carbons (Fsp3) is 0.133. The largest absolute Gasteiger partial charge is 0.478 e. The summed E-state index contributed by atoms with van der Waals surface area (Å²) in [5, 5.41) is 0.240. The Morgan fingerprint density at radius 3 is 2.48 bits per heavy atom. The summed E-state index contributed by atoms with van der Waals surface area (Å²) >= 11 is 11.5. The molecule has 25 heavy (non-hydrogen) atoms. The van der Waals surface area contributed by atoms with Gasteiger partial charge in [-0.25, -0.2) is 12.8 Å². The molecule has 1 amide bonds. The topological polar surface area (TPSA) is 84.5 Å². The van der Waals surface area contributed by atoms with Gasteiger partial charge in [0.05, 0.1) is 14.9 Å². The van der Waals surface area contributed by atoms with Crippen molar-refractivity contribution in [1.29, 1.82) is 0 Å². The van der Waals surface area contributed by atoms with E-state index in [1.807, 2.05) is 10.3 Å². The highest BCUT2D eigenvalue weighted by molar-refractivity contribution is 7.89. The summed E-state index contributed by atoms with van der Waals surface area (Å²) in [6.45, 7) is 1.34. The minimum atomic E-state index is -4.06. The first-order valence-corrected chi connectivity index (χ1v) is 9.12. The van der Waals surface area contributed by atoms with Crippen LogP contribution in [0.2, 0.25) is 10.0 Å². The zero-order valence-corrected chi connectivity index (χ0v) is 15.1. The molecule has 2 aromatic carbocycles. The number of halogens is 3. The fourth-order valence-electron chi connectivity index (χ4n) is 1.71. The number of carbonyl (C=O) groups is 1. The number of carbonyl (C=O) groups excluding carboxylic acids is 1. The van der Waals surface area contributed by atoms with Crippen LogP contribution in [-0.4, -0.2) is 20.4 Å². The Labute approximate surface area is 153 Å².